The number of hydrogen-bond donors (Lipinski definition) is 3. The lowest BCUT2D eigenvalue weighted by Crippen LogP contribution is -2.45. The second kappa shape index (κ2) is 9.28. The number of rotatable bonds is 6. The molecule has 0 spiro atoms. The molecular weight excluding hydrogens is 386 g/mol. The summed E-state index contributed by atoms with van der Waals surface area (Å²) in [5.41, 5.74) is 3.56. The quantitative estimate of drug-likeness (QED) is 0.492. The highest BCUT2D eigenvalue weighted by atomic mass is 32.2. The van der Waals surface area contributed by atoms with Gasteiger partial charge in [0.05, 0.1) is 4.90 Å². The number of sulfonamides is 1. The first-order valence-corrected chi connectivity index (χ1v) is 11.3. The van der Waals surface area contributed by atoms with Crippen LogP contribution in [-0.4, -0.2) is 47.1 Å². The number of anilines is 1. The van der Waals surface area contributed by atoms with Gasteiger partial charge in [0, 0.05) is 38.4 Å². The SMILES string of the molecule is CN=C(NCCc1ccc(S(N)(=O)=O)cc1)NC1CCN(c2ccc(C)cc2)C1. The van der Waals surface area contributed by atoms with Crippen molar-refractivity contribution in [2.75, 3.05) is 31.6 Å². The van der Waals surface area contributed by atoms with Gasteiger partial charge in [0.15, 0.2) is 5.96 Å². The molecule has 0 aliphatic carbocycles. The molecule has 156 valence electrons. The summed E-state index contributed by atoms with van der Waals surface area (Å²) in [5, 5.41) is 12.0. The fourth-order valence-corrected chi connectivity index (χ4v) is 3.94. The van der Waals surface area contributed by atoms with Crippen LogP contribution in [0, 0.1) is 6.92 Å². The van der Waals surface area contributed by atoms with Gasteiger partial charge >= 0.3 is 0 Å². The minimum absolute atomic E-state index is 0.131. The predicted octanol–water partition coefficient (Wildman–Crippen LogP) is 1.63. The van der Waals surface area contributed by atoms with E-state index in [-0.39, 0.29) is 4.90 Å². The van der Waals surface area contributed by atoms with Gasteiger partial charge in [0.25, 0.3) is 0 Å². The minimum atomic E-state index is -3.65. The lowest BCUT2D eigenvalue weighted by atomic mass is 10.1. The summed E-state index contributed by atoms with van der Waals surface area (Å²) in [6, 6.07) is 15.6. The highest BCUT2D eigenvalue weighted by Crippen LogP contribution is 2.20. The predicted molar refractivity (Wildman–Crippen MR) is 118 cm³/mol. The molecule has 8 heteroatoms. The van der Waals surface area contributed by atoms with E-state index in [1.165, 1.54) is 23.4 Å². The summed E-state index contributed by atoms with van der Waals surface area (Å²) in [6.45, 7) is 4.76. The fraction of sp³-hybridized carbons (Fsp3) is 0.381. The third-order valence-electron chi connectivity index (χ3n) is 5.11. The van der Waals surface area contributed by atoms with Crippen LogP contribution < -0.4 is 20.7 Å². The lowest BCUT2D eigenvalue weighted by molar-refractivity contribution is 0.598. The van der Waals surface area contributed by atoms with Crippen LogP contribution >= 0.6 is 0 Å². The molecule has 0 aromatic heterocycles. The number of aliphatic imine (C=N–C) groups is 1. The molecule has 1 aliphatic rings. The van der Waals surface area contributed by atoms with Gasteiger partial charge in [0.1, 0.15) is 0 Å². The molecule has 0 bridgehead atoms. The van der Waals surface area contributed by atoms with E-state index in [1.54, 1.807) is 19.2 Å². The standard InChI is InChI=1S/C21H29N5O2S/c1-16-3-7-19(8-4-16)26-14-12-18(15-26)25-21(23-2)24-13-11-17-5-9-20(10-6-17)29(22,27)28/h3-10,18H,11-15H2,1-2H3,(H2,22,27,28)(H2,23,24,25). The molecule has 4 N–H and O–H groups in total. The van der Waals surface area contributed by atoms with Crippen LogP contribution in [0.5, 0.6) is 0 Å². The maximum absolute atomic E-state index is 11.3. The van der Waals surface area contributed by atoms with Crippen molar-refractivity contribution in [3.8, 4) is 0 Å². The highest BCUT2D eigenvalue weighted by molar-refractivity contribution is 7.89. The second-order valence-electron chi connectivity index (χ2n) is 7.35. The number of primary sulfonamides is 1. The zero-order valence-corrected chi connectivity index (χ0v) is 17.7. The number of nitrogens with zero attached hydrogens (tertiary/aromatic N) is 2. The number of hydrogen-bond acceptors (Lipinski definition) is 4. The second-order valence-corrected chi connectivity index (χ2v) is 8.91. The van der Waals surface area contributed by atoms with Crippen molar-refractivity contribution in [1.82, 2.24) is 10.6 Å². The molecule has 1 atom stereocenters. The van der Waals surface area contributed by atoms with Gasteiger partial charge in [-0.25, -0.2) is 13.6 Å². The average molecular weight is 416 g/mol. The van der Waals surface area contributed by atoms with Crippen LogP contribution in [0.3, 0.4) is 0 Å². The Balaban J connectivity index is 1.46. The summed E-state index contributed by atoms with van der Waals surface area (Å²) in [7, 11) is -1.88. The molecule has 0 saturated carbocycles. The van der Waals surface area contributed by atoms with Gasteiger partial charge in [-0.2, -0.15) is 0 Å². The van der Waals surface area contributed by atoms with Crippen molar-refractivity contribution in [3.05, 3.63) is 59.7 Å². The van der Waals surface area contributed by atoms with Crippen molar-refractivity contribution in [3.63, 3.8) is 0 Å². The first-order chi connectivity index (χ1) is 13.8. The Morgan fingerprint density at radius 2 is 1.86 bits per heavy atom. The molecule has 1 fully saturated rings. The van der Waals surface area contributed by atoms with E-state index in [1.807, 2.05) is 0 Å². The molecule has 2 aromatic rings. The van der Waals surface area contributed by atoms with E-state index in [2.05, 4.69) is 51.7 Å². The van der Waals surface area contributed by atoms with Gasteiger partial charge in [-0.3, -0.25) is 4.99 Å². The molecule has 1 unspecified atom stereocenters. The summed E-state index contributed by atoms with van der Waals surface area (Å²) >= 11 is 0. The van der Waals surface area contributed by atoms with Gasteiger partial charge in [-0.05, 0) is 49.6 Å². The number of nitrogens with two attached hydrogens (primary N) is 1. The van der Waals surface area contributed by atoms with Crippen molar-refractivity contribution in [2.45, 2.75) is 30.7 Å². The number of guanidine groups is 1. The fourth-order valence-electron chi connectivity index (χ4n) is 3.43. The van der Waals surface area contributed by atoms with E-state index in [0.29, 0.717) is 12.6 Å². The minimum Gasteiger partial charge on any atom is -0.369 e. The zero-order chi connectivity index (χ0) is 20.9. The van der Waals surface area contributed by atoms with Crippen molar-refractivity contribution < 1.29 is 8.42 Å². The number of nitrogens with one attached hydrogen (secondary N) is 2. The van der Waals surface area contributed by atoms with E-state index < -0.39 is 10.0 Å². The van der Waals surface area contributed by atoms with Crippen LogP contribution in [0.2, 0.25) is 0 Å². The first-order valence-electron chi connectivity index (χ1n) is 9.76. The molecular formula is C21H29N5O2S. The van der Waals surface area contributed by atoms with Crippen LogP contribution in [0.15, 0.2) is 58.4 Å². The van der Waals surface area contributed by atoms with Crippen LogP contribution in [-0.2, 0) is 16.4 Å². The van der Waals surface area contributed by atoms with Crippen LogP contribution in [0.1, 0.15) is 17.5 Å². The molecule has 7 nitrogen and oxygen atoms in total. The highest BCUT2D eigenvalue weighted by Gasteiger charge is 2.23. The normalized spacial score (nSPS) is 17.4. The van der Waals surface area contributed by atoms with E-state index in [0.717, 1.165) is 37.5 Å². The van der Waals surface area contributed by atoms with Crippen molar-refractivity contribution >= 4 is 21.7 Å². The van der Waals surface area contributed by atoms with Gasteiger partial charge in [0.2, 0.25) is 10.0 Å². The largest absolute Gasteiger partial charge is 0.369 e. The van der Waals surface area contributed by atoms with E-state index in [4.69, 9.17) is 5.14 Å². The Bertz CT molecular complexity index is 940. The Labute approximate surface area is 173 Å². The molecule has 29 heavy (non-hydrogen) atoms. The number of benzene rings is 2. The summed E-state index contributed by atoms with van der Waals surface area (Å²) in [5.74, 6) is 0.780. The zero-order valence-electron chi connectivity index (χ0n) is 16.9. The van der Waals surface area contributed by atoms with Crippen molar-refractivity contribution in [1.29, 1.82) is 0 Å². The summed E-state index contributed by atoms with van der Waals surface area (Å²) < 4.78 is 22.6. The molecule has 3 rings (SSSR count). The van der Waals surface area contributed by atoms with Gasteiger partial charge in [-0.1, -0.05) is 29.8 Å². The maximum atomic E-state index is 11.3. The smallest absolute Gasteiger partial charge is 0.238 e. The Morgan fingerprint density at radius 1 is 1.17 bits per heavy atom. The van der Waals surface area contributed by atoms with Crippen molar-refractivity contribution in [2.24, 2.45) is 10.1 Å². The summed E-state index contributed by atoms with van der Waals surface area (Å²) in [6.07, 6.45) is 1.81. The van der Waals surface area contributed by atoms with Gasteiger partial charge < -0.3 is 15.5 Å². The summed E-state index contributed by atoms with van der Waals surface area (Å²) in [4.78, 5) is 6.84. The monoisotopic (exact) mass is 415 g/mol. The van der Waals surface area contributed by atoms with Crippen LogP contribution in [0.25, 0.3) is 0 Å². The topological polar surface area (TPSA) is 99.8 Å². The Hall–Kier alpha value is -2.58. The number of aryl methyl sites for hydroxylation is 1. The van der Waals surface area contributed by atoms with Crippen LogP contribution in [0.4, 0.5) is 5.69 Å². The average Bonchev–Trinajstić information content (AvgIpc) is 3.16. The molecule has 2 aromatic carbocycles. The third kappa shape index (κ3) is 5.95. The van der Waals surface area contributed by atoms with Gasteiger partial charge in [-0.15, -0.1) is 0 Å². The molecule has 1 saturated heterocycles. The third-order valence-corrected chi connectivity index (χ3v) is 6.04. The molecule has 0 radical (unpaired) electrons. The van der Waals surface area contributed by atoms with E-state index >= 15 is 0 Å². The Kier molecular flexibility index (Phi) is 6.76. The Morgan fingerprint density at radius 3 is 2.48 bits per heavy atom. The maximum Gasteiger partial charge on any atom is 0.238 e. The lowest BCUT2D eigenvalue weighted by Gasteiger charge is -2.20. The first kappa shape index (κ1) is 21.1. The molecule has 0 amide bonds. The molecule has 1 heterocycles. The van der Waals surface area contributed by atoms with E-state index in [9.17, 15) is 8.42 Å². The molecule has 1 aliphatic heterocycles.